The molecule has 1 aliphatic rings. The van der Waals surface area contributed by atoms with Crippen LogP contribution < -0.4 is 10.1 Å². The van der Waals surface area contributed by atoms with E-state index in [0.717, 1.165) is 17.9 Å². The number of methoxy groups -OCH3 is 1. The van der Waals surface area contributed by atoms with E-state index < -0.39 is 0 Å². The molecule has 21 heavy (non-hydrogen) atoms. The smallest absolute Gasteiger partial charge is 0.142 e. The third-order valence-corrected chi connectivity index (χ3v) is 5.21. The molecule has 0 aliphatic heterocycles. The summed E-state index contributed by atoms with van der Waals surface area (Å²) in [6.07, 6.45) is 7.48. The van der Waals surface area contributed by atoms with Gasteiger partial charge in [0.25, 0.3) is 0 Å². The highest BCUT2D eigenvalue weighted by molar-refractivity contribution is 7.09. The normalized spacial score (nSPS) is 17.4. The first-order valence-corrected chi connectivity index (χ1v) is 8.55. The van der Waals surface area contributed by atoms with Crippen molar-refractivity contribution in [2.45, 2.75) is 44.1 Å². The quantitative estimate of drug-likeness (QED) is 0.846. The van der Waals surface area contributed by atoms with Crippen molar-refractivity contribution < 1.29 is 4.74 Å². The molecule has 3 rings (SSSR count). The van der Waals surface area contributed by atoms with Gasteiger partial charge < -0.3 is 10.1 Å². The van der Waals surface area contributed by atoms with Gasteiger partial charge in [0, 0.05) is 22.9 Å². The van der Waals surface area contributed by atoms with E-state index in [1.807, 2.05) is 29.5 Å². The predicted molar refractivity (Wildman–Crippen MR) is 89.3 cm³/mol. The summed E-state index contributed by atoms with van der Waals surface area (Å²) in [5.41, 5.74) is 1.15. The zero-order valence-corrected chi connectivity index (χ0v) is 13.3. The molecule has 0 spiro atoms. The molecule has 1 radical (unpaired) electrons. The van der Waals surface area contributed by atoms with Gasteiger partial charge in [0.15, 0.2) is 0 Å². The van der Waals surface area contributed by atoms with Gasteiger partial charge in [-0.25, -0.2) is 0 Å². The molecule has 1 fully saturated rings. The SMILES string of the molecule is COc1ccc[c]c1NC1(Cc2cccs2)CCCCC1. The van der Waals surface area contributed by atoms with Crippen LogP contribution in [0.15, 0.2) is 35.7 Å². The summed E-state index contributed by atoms with van der Waals surface area (Å²) in [5, 5.41) is 5.95. The number of nitrogens with one attached hydrogen (secondary N) is 1. The van der Waals surface area contributed by atoms with Crippen molar-refractivity contribution in [3.63, 3.8) is 0 Å². The first-order valence-electron chi connectivity index (χ1n) is 7.67. The highest BCUT2D eigenvalue weighted by Crippen LogP contribution is 2.37. The van der Waals surface area contributed by atoms with Crippen LogP contribution in [0.4, 0.5) is 5.69 Å². The minimum absolute atomic E-state index is 0.147. The van der Waals surface area contributed by atoms with E-state index in [2.05, 4.69) is 28.9 Å². The van der Waals surface area contributed by atoms with Crippen molar-refractivity contribution in [2.75, 3.05) is 12.4 Å². The average Bonchev–Trinajstić information content (AvgIpc) is 3.01. The minimum atomic E-state index is 0.147. The largest absolute Gasteiger partial charge is 0.495 e. The Morgan fingerprint density at radius 2 is 2.10 bits per heavy atom. The van der Waals surface area contributed by atoms with Crippen molar-refractivity contribution in [3.05, 3.63) is 46.7 Å². The lowest BCUT2D eigenvalue weighted by Gasteiger charge is -2.39. The molecule has 1 heterocycles. The van der Waals surface area contributed by atoms with Crippen molar-refractivity contribution in [1.29, 1.82) is 0 Å². The number of anilines is 1. The zero-order valence-electron chi connectivity index (χ0n) is 12.5. The minimum Gasteiger partial charge on any atom is -0.495 e. The molecule has 111 valence electrons. The fraction of sp³-hybridized carbons (Fsp3) is 0.444. The lowest BCUT2D eigenvalue weighted by molar-refractivity contribution is 0.320. The van der Waals surface area contributed by atoms with Gasteiger partial charge in [0.2, 0.25) is 0 Å². The van der Waals surface area contributed by atoms with E-state index in [1.165, 1.54) is 37.0 Å². The highest BCUT2D eigenvalue weighted by atomic mass is 32.1. The Hall–Kier alpha value is -1.48. The number of rotatable bonds is 5. The second-order valence-electron chi connectivity index (χ2n) is 5.84. The number of hydrogen-bond donors (Lipinski definition) is 1. The van der Waals surface area contributed by atoms with Gasteiger partial charge in [-0.2, -0.15) is 0 Å². The maximum atomic E-state index is 5.48. The second-order valence-corrected chi connectivity index (χ2v) is 6.87. The van der Waals surface area contributed by atoms with Gasteiger partial charge in [0.05, 0.1) is 12.8 Å². The molecule has 0 atom stereocenters. The monoisotopic (exact) mass is 300 g/mol. The van der Waals surface area contributed by atoms with Crippen LogP contribution in [-0.4, -0.2) is 12.6 Å². The average molecular weight is 300 g/mol. The molecule has 0 bridgehead atoms. The van der Waals surface area contributed by atoms with E-state index >= 15 is 0 Å². The van der Waals surface area contributed by atoms with E-state index in [4.69, 9.17) is 4.74 Å². The number of para-hydroxylation sites is 1. The van der Waals surface area contributed by atoms with E-state index in [0.29, 0.717) is 0 Å². The second kappa shape index (κ2) is 6.52. The molecule has 1 aromatic carbocycles. The number of hydrogen-bond acceptors (Lipinski definition) is 3. The zero-order chi connectivity index (χ0) is 14.5. The van der Waals surface area contributed by atoms with Crippen LogP contribution in [-0.2, 0) is 6.42 Å². The molecule has 0 unspecified atom stereocenters. The maximum absolute atomic E-state index is 5.48. The third kappa shape index (κ3) is 3.41. The molecule has 0 amide bonds. The Morgan fingerprint density at radius 3 is 2.81 bits per heavy atom. The van der Waals surface area contributed by atoms with Crippen LogP contribution in [0.25, 0.3) is 0 Å². The lowest BCUT2D eigenvalue weighted by atomic mass is 9.78. The molecule has 1 aliphatic carbocycles. The van der Waals surface area contributed by atoms with E-state index in [1.54, 1.807) is 7.11 Å². The summed E-state index contributed by atoms with van der Waals surface area (Å²) in [5.74, 6) is 0.883. The van der Waals surface area contributed by atoms with Crippen molar-refractivity contribution in [1.82, 2.24) is 0 Å². The predicted octanol–water partition coefficient (Wildman–Crippen LogP) is 4.91. The number of benzene rings is 1. The van der Waals surface area contributed by atoms with Crippen molar-refractivity contribution in [2.24, 2.45) is 0 Å². The Morgan fingerprint density at radius 1 is 1.24 bits per heavy atom. The molecule has 3 heteroatoms. The molecule has 1 N–H and O–H groups in total. The number of ether oxygens (including phenoxy) is 1. The van der Waals surface area contributed by atoms with Crippen LogP contribution in [0, 0.1) is 6.07 Å². The van der Waals surface area contributed by atoms with Gasteiger partial charge in [-0.15, -0.1) is 11.3 Å². The first kappa shape index (κ1) is 14.5. The van der Waals surface area contributed by atoms with Gasteiger partial charge in [0.1, 0.15) is 5.75 Å². The summed E-state index contributed by atoms with van der Waals surface area (Å²) in [4.78, 5) is 1.46. The lowest BCUT2D eigenvalue weighted by Crippen LogP contribution is -2.42. The number of thiophene rings is 1. The maximum Gasteiger partial charge on any atom is 0.142 e. The summed E-state index contributed by atoms with van der Waals surface area (Å²) in [6.45, 7) is 0. The standard InChI is InChI=1S/C18H22NOS/c1-20-17-10-4-3-9-16(17)19-18(11-5-2-6-12-18)14-15-8-7-13-21-15/h3-4,7-8,10,13,19H,2,5-6,11-12,14H2,1H3. The van der Waals surface area contributed by atoms with Crippen molar-refractivity contribution in [3.8, 4) is 5.75 Å². The Kier molecular flexibility index (Phi) is 4.49. The molecular formula is C18H22NOS. The fourth-order valence-electron chi connectivity index (χ4n) is 3.28. The first-order chi connectivity index (χ1) is 10.3. The third-order valence-electron chi connectivity index (χ3n) is 4.33. The fourth-order valence-corrected chi connectivity index (χ4v) is 4.12. The summed E-state index contributed by atoms with van der Waals surface area (Å²) >= 11 is 1.85. The molecule has 1 saturated carbocycles. The van der Waals surface area contributed by atoms with Crippen LogP contribution in [0.2, 0.25) is 0 Å². The van der Waals surface area contributed by atoms with Crippen LogP contribution in [0.5, 0.6) is 5.75 Å². The van der Waals surface area contributed by atoms with E-state index in [9.17, 15) is 0 Å². The van der Waals surface area contributed by atoms with Gasteiger partial charge in [-0.05, 0) is 30.4 Å². The van der Waals surface area contributed by atoms with Gasteiger partial charge >= 0.3 is 0 Å². The molecule has 0 saturated heterocycles. The van der Waals surface area contributed by atoms with Crippen molar-refractivity contribution >= 4 is 17.0 Å². The Labute approximate surface area is 131 Å². The molecule has 1 aromatic heterocycles. The van der Waals surface area contributed by atoms with Crippen LogP contribution in [0.3, 0.4) is 0 Å². The van der Waals surface area contributed by atoms with E-state index in [-0.39, 0.29) is 5.54 Å². The molecule has 2 nitrogen and oxygen atoms in total. The van der Waals surface area contributed by atoms with Crippen LogP contribution >= 0.6 is 11.3 Å². The topological polar surface area (TPSA) is 21.3 Å². The Bertz CT molecular complexity index is 558. The van der Waals surface area contributed by atoms with Crippen LogP contribution in [0.1, 0.15) is 37.0 Å². The molecular weight excluding hydrogens is 278 g/mol. The highest BCUT2D eigenvalue weighted by Gasteiger charge is 2.33. The summed E-state index contributed by atoms with van der Waals surface area (Å²) < 4.78 is 5.48. The van der Waals surface area contributed by atoms with Gasteiger partial charge in [-0.1, -0.05) is 37.5 Å². The summed E-state index contributed by atoms with van der Waals surface area (Å²) in [6, 6.07) is 13.6. The van der Waals surface area contributed by atoms with Gasteiger partial charge in [-0.3, -0.25) is 0 Å². The Balaban J connectivity index is 1.85. The summed E-state index contributed by atoms with van der Waals surface area (Å²) in [7, 11) is 1.72. The molecule has 2 aromatic rings.